The van der Waals surface area contributed by atoms with Gasteiger partial charge in [0.15, 0.2) is 0 Å². The summed E-state index contributed by atoms with van der Waals surface area (Å²) in [5, 5.41) is 5.08. The van der Waals surface area contributed by atoms with Gasteiger partial charge in [0.1, 0.15) is 5.65 Å². The lowest BCUT2D eigenvalue weighted by Gasteiger charge is -2.34. The zero-order valence-corrected chi connectivity index (χ0v) is 12.5. The highest BCUT2D eigenvalue weighted by Gasteiger charge is 2.46. The van der Waals surface area contributed by atoms with E-state index in [1.807, 2.05) is 12.3 Å². The van der Waals surface area contributed by atoms with Gasteiger partial charge in [0, 0.05) is 36.4 Å². The maximum atomic E-state index is 4.48. The van der Waals surface area contributed by atoms with Crippen LogP contribution in [0.5, 0.6) is 0 Å². The number of fused-ring (bicyclic) bond motifs is 1. The molecule has 19 heavy (non-hydrogen) atoms. The molecule has 3 heterocycles. The number of aromatic nitrogens is 2. The Labute approximate surface area is 115 Å². The largest absolute Gasteiger partial charge is 0.335 e. The van der Waals surface area contributed by atoms with Crippen LogP contribution in [0.4, 0.5) is 0 Å². The van der Waals surface area contributed by atoms with Gasteiger partial charge < -0.3 is 9.88 Å². The predicted octanol–water partition coefficient (Wildman–Crippen LogP) is 3.41. The molecule has 1 aliphatic rings. The third-order valence-electron chi connectivity index (χ3n) is 5.08. The van der Waals surface area contributed by atoms with Crippen molar-refractivity contribution in [1.82, 2.24) is 14.9 Å². The van der Waals surface area contributed by atoms with E-state index in [1.54, 1.807) is 0 Å². The number of aryl methyl sites for hydroxylation is 1. The maximum absolute atomic E-state index is 4.48. The van der Waals surface area contributed by atoms with Crippen molar-refractivity contribution in [2.45, 2.75) is 45.7 Å². The summed E-state index contributed by atoms with van der Waals surface area (Å²) in [6.07, 6.45) is 5.25. The van der Waals surface area contributed by atoms with Crippen LogP contribution in [0.25, 0.3) is 11.0 Å². The second-order valence-electron chi connectivity index (χ2n) is 6.98. The summed E-state index contributed by atoms with van der Waals surface area (Å²) >= 11 is 0. The SMILES string of the molecule is Cn1cc(C2CC(C)(C)C(C)(C)N2)c2cccnc21. The van der Waals surface area contributed by atoms with Crippen LogP contribution in [0.1, 0.15) is 45.7 Å². The monoisotopic (exact) mass is 257 g/mol. The number of pyridine rings is 1. The van der Waals surface area contributed by atoms with E-state index in [2.05, 4.69) is 61.9 Å². The van der Waals surface area contributed by atoms with Crippen molar-refractivity contribution in [1.29, 1.82) is 0 Å². The lowest BCUT2D eigenvalue weighted by Crippen LogP contribution is -2.43. The van der Waals surface area contributed by atoms with Crippen molar-refractivity contribution < 1.29 is 0 Å². The van der Waals surface area contributed by atoms with E-state index in [4.69, 9.17) is 0 Å². The third-order valence-corrected chi connectivity index (χ3v) is 5.08. The van der Waals surface area contributed by atoms with Crippen LogP contribution in [0.3, 0.4) is 0 Å². The molecular weight excluding hydrogens is 234 g/mol. The van der Waals surface area contributed by atoms with Gasteiger partial charge in [-0.1, -0.05) is 13.8 Å². The number of hydrogen-bond acceptors (Lipinski definition) is 2. The van der Waals surface area contributed by atoms with Crippen LogP contribution in [-0.4, -0.2) is 15.1 Å². The summed E-state index contributed by atoms with van der Waals surface area (Å²) in [6.45, 7) is 9.31. The molecule has 1 aliphatic heterocycles. The van der Waals surface area contributed by atoms with E-state index in [0.29, 0.717) is 11.5 Å². The molecule has 2 aromatic rings. The van der Waals surface area contributed by atoms with Gasteiger partial charge in [-0.2, -0.15) is 0 Å². The molecule has 1 unspecified atom stereocenters. The molecule has 0 saturated carbocycles. The second-order valence-corrected chi connectivity index (χ2v) is 6.98. The van der Waals surface area contributed by atoms with Crippen molar-refractivity contribution in [3.05, 3.63) is 30.1 Å². The summed E-state index contributed by atoms with van der Waals surface area (Å²) < 4.78 is 2.13. The second kappa shape index (κ2) is 3.83. The summed E-state index contributed by atoms with van der Waals surface area (Å²) in [7, 11) is 2.07. The first-order chi connectivity index (χ1) is 8.82. The van der Waals surface area contributed by atoms with Gasteiger partial charge in [0.25, 0.3) is 0 Å². The van der Waals surface area contributed by atoms with Crippen molar-refractivity contribution in [3.8, 4) is 0 Å². The van der Waals surface area contributed by atoms with Crippen molar-refractivity contribution in [2.24, 2.45) is 12.5 Å². The van der Waals surface area contributed by atoms with Crippen molar-refractivity contribution in [2.75, 3.05) is 0 Å². The highest BCUT2D eigenvalue weighted by Crippen LogP contribution is 2.47. The molecule has 0 aromatic carbocycles. The fourth-order valence-corrected chi connectivity index (χ4v) is 3.16. The van der Waals surface area contributed by atoms with E-state index in [9.17, 15) is 0 Å². The molecule has 0 spiro atoms. The Bertz CT molecular complexity index is 606. The van der Waals surface area contributed by atoms with Crippen molar-refractivity contribution >= 4 is 11.0 Å². The Morgan fingerprint density at radius 1 is 1.32 bits per heavy atom. The van der Waals surface area contributed by atoms with Gasteiger partial charge >= 0.3 is 0 Å². The van der Waals surface area contributed by atoms with E-state index in [-0.39, 0.29) is 5.54 Å². The average molecular weight is 257 g/mol. The van der Waals surface area contributed by atoms with Crippen LogP contribution < -0.4 is 5.32 Å². The van der Waals surface area contributed by atoms with Crippen LogP contribution >= 0.6 is 0 Å². The minimum Gasteiger partial charge on any atom is -0.335 e. The van der Waals surface area contributed by atoms with Gasteiger partial charge in [-0.15, -0.1) is 0 Å². The van der Waals surface area contributed by atoms with Crippen LogP contribution in [0, 0.1) is 5.41 Å². The first-order valence-electron chi connectivity index (χ1n) is 6.99. The predicted molar refractivity (Wildman–Crippen MR) is 79.1 cm³/mol. The Balaban J connectivity index is 2.08. The molecule has 1 fully saturated rings. The number of hydrogen-bond donors (Lipinski definition) is 1. The lowest BCUT2D eigenvalue weighted by atomic mass is 9.75. The maximum Gasteiger partial charge on any atom is 0.139 e. The molecule has 3 heteroatoms. The van der Waals surface area contributed by atoms with E-state index in [0.717, 1.165) is 12.1 Å². The zero-order valence-electron chi connectivity index (χ0n) is 12.5. The van der Waals surface area contributed by atoms with Crippen LogP contribution in [-0.2, 0) is 7.05 Å². The normalized spacial score (nSPS) is 25.0. The Kier molecular flexibility index (Phi) is 2.55. The Hall–Kier alpha value is -1.35. The van der Waals surface area contributed by atoms with E-state index < -0.39 is 0 Å². The quantitative estimate of drug-likeness (QED) is 0.848. The summed E-state index contributed by atoms with van der Waals surface area (Å²) in [5.74, 6) is 0. The van der Waals surface area contributed by atoms with E-state index in [1.165, 1.54) is 10.9 Å². The lowest BCUT2D eigenvalue weighted by molar-refractivity contribution is 0.224. The Morgan fingerprint density at radius 3 is 2.68 bits per heavy atom. The Morgan fingerprint density at radius 2 is 2.05 bits per heavy atom. The molecule has 1 saturated heterocycles. The standard InChI is InChI=1S/C16H23N3/c1-15(2)9-13(18-16(15,3)4)12-10-19(5)14-11(12)7-6-8-17-14/h6-8,10,13,18H,9H2,1-5H3. The first kappa shape index (κ1) is 12.7. The van der Waals surface area contributed by atoms with Gasteiger partial charge in [-0.05, 0) is 43.4 Å². The van der Waals surface area contributed by atoms with Crippen LogP contribution in [0.15, 0.2) is 24.5 Å². The van der Waals surface area contributed by atoms with Crippen LogP contribution in [0.2, 0.25) is 0 Å². The molecule has 3 rings (SSSR count). The molecule has 102 valence electrons. The van der Waals surface area contributed by atoms with E-state index >= 15 is 0 Å². The summed E-state index contributed by atoms with van der Waals surface area (Å²) in [6, 6.07) is 4.62. The molecule has 0 aliphatic carbocycles. The average Bonchev–Trinajstić information content (AvgIpc) is 2.76. The third kappa shape index (κ3) is 1.79. The minimum absolute atomic E-state index is 0.155. The van der Waals surface area contributed by atoms with Gasteiger partial charge in [-0.3, -0.25) is 0 Å². The molecule has 2 aromatic heterocycles. The number of rotatable bonds is 1. The molecule has 0 radical (unpaired) electrons. The summed E-state index contributed by atoms with van der Waals surface area (Å²) in [5.41, 5.74) is 2.90. The van der Waals surface area contributed by atoms with Gasteiger partial charge in [0.2, 0.25) is 0 Å². The van der Waals surface area contributed by atoms with Gasteiger partial charge in [0.05, 0.1) is 0 Å². The number of nitrogens with one attached hydrogen (secondary N) is 1. The summed E-state index contributed by atoms with van der Waals surface area (Å²) in [4.78, 5) is 4.48. The molecule has 0 amide bonds. The molecule has 1 atom stereocenters. The minimum atomic E-state index is 0.155. The smallest absolute Gasteiger partial charge is 0.139 e. The fraction of sp³-hybridized carbons (Fsp3) is 0.562. The zero-order chi connectivity index (χ0) is 13.8. The molecule has 0 bridgehead atoms. The number of nitrogens with zero attached hydrogens (tertiary/aromatic N) is 2. The first-order valence-corrected chi connectivity index (χ1v) is 6.99. The highest BCUT2D eigenvalue weighted by molar-refractivity contribution is 5.81. The topological polar surface area (TPSA) is 29.9 Å². The highest BCUT2D eigenvalue weighted by atomic mass is 15.1. The van der Waals surface area contributed by atoms with Crippen molar-refractivity contribution in [3.63, 3.8) is 0 Å². The molecular formula is C16H23N3. The fourth-order valence-electron chi connectivity index (χ4n) is 3.16. The van der Waals surface area contributed by atoms with Gasteiger partial charge in [-0.25, -0.2) is 4.98 Å². The molecule has 1 N–H and O–H groups in total. The molecule has 3 nitrogen and oxygen atoms in total.